The lowest BCUT2D eigenvalue weighted by Gasteiger charge is -2.23. The molecule has 6 heteroatoms. The van der Waals surface area contributed by atoms with Crippen molar-refractivity contribution in [3.63, 3.8) is 0 Å². The van der Waals surface area contributed by atoms with E-state index in [9.17, 15) is 13.2 Å². The quantitative estimate of drug-likeness (QED) is 0.725. The Balaban J connectivity index is 2.32. The van der Waals surface area contributed by atoms with Gasteiger partial charge in [-0.15, -0.1) is 0 Å². The summed E-state index contributed by atoms with van der Waals surface area (Å²) in [6, 6.07) is -0.294. The molecule has 106 valence electrons. The third kappa shape index (κ3) is 5.35. The molecule has 1 aliphatic rings. The molecule has 0 aromatic carbocycles. The number of rotatable bonds is 6. The standard InChI is InChI=1S/C12H23NO4S/c1-3-10(4-2)8-17-12(14)7-11-9-18(15,16)6-5-13-11/h10-11,13H,3-9H2,1-2H3. The van der Waals surface area contributed by atoms with Crippen LogP contribution in [0.25, 0.3) is 0 Å². The SMILES string of the molecule is CCC(CC)COC(=O)CC1CS(=O)(=O)CCN1. The molecule has 18 heavy (non-hydrogen) atoms. The molecule has 0 aromatic rings. The topological polar surface area (TPSA) is 72.5 Å². The Morgan fingerprint density at radius 1 is 1.39 bits per heavy atom. The van der Waals surface area contributed by atoms with Crippen LogP contribution in [0, 0.1) is 5.92 Å². The van der Waals surface area contributed by atoms with Crippen LogP contribution in [0.3, 0.4) is 0 Å². The second kappa shape index (κ2) is 7.09. The van der Waals surface area contributed by atoms with Crippen LogP contribution in [0.4, 0.5) is 0 Å². The predicted octanol–water partition coefficient (Wildman–Crippen LogP) is 0.742. The van der Waals surface area contributed by atoms with E-state index >= 15 is 0 Å². The summed E-state index contributed by atoms with van der Waals surface area (Å²) in [4.78, 5) is 11.6. The highest BCUT2D eigenvalue weighted by Gasteiger charge is 2.26. The third-order valence-corrected chi connectivity index (χ3v) is 5.09. The summed E-state index contributed by atoms with van der Waals surface area (Å²) < 4.78 is 28.0. The van der Waals surface area contributed by atoms with E-state index in [4.69, 9.17) is 4.74 Å². The number of hydrogen-bond donors (Lipinski definition) is 1. The molecule has 1 aliphatic heterocycles. The molecule has 1 saturated heterocycles. The van der Waals surface area contributed by atoms with Crippen LogP contribution in [0.2, 0.25) is 0 Å². The van der Waals surface area contributed by atoms with E-state index in [1.54, 1.807) is 0 Å². The molecular formula is C12H23NO4S. The molecule has 0 bridgehead atoms. The van der Waals surface area contributed by atoms with E-state index in [1.807, 2.05) is 0 Å². The normalized spacial score (nSPS) is 22.9. The molecule has 0 spiro atoms. The molecular weight excluding hydrogens is 254 g/mol. The summed E-state index contributed by atoms with van der Waals surface area (Å²) in [6.45, 7) is 4.99. The average molecular weight is 277 g/mol. The van der Waals surface area contributed by atoms with Crippen LogP contribution < -0.4 is 5.32 Å². The fourth-order valence-corrected chi connectivity index (χ4v) is 3.44. The van der Waals surface area contributed by atoms with E-state index < -0.39 is 9.84 Å². The number of carbonyl (C=O) groups excluding carboxylic acids is 1. The number of nitrogens with one attached hydrogen (secondary N) is 1. The van der Waals surface area contributed by atoms with Gasteiger partial charge in [-0.1, -0.05) is 26.7 Å². The summed E-state index contributed by atoms with van der Waals surface area (Å²) in [5.41, 5.74) is 0. The summed E-state index contributed by atoms with van der Waals surface area (Å²) in [5, 5.41) is 3.04. The van der Waals surface area contributed by atoms with Crippen LogP contribution in [-0.4, -0.2) is 45.1 Å². The van der Waals surface area contributed by atoms with Crippen molar-refractivity contribution < 1.29 is 17.9 Å². The van der Waals surface area contributed by atoms with Crippen LogP contribution in [0.1, 0.15) is 33.1 Å². The van der Waals surface area contributed by atoms with Crippen molar-refractivity contribution in [3.8, 4) is 0 Å². The van der Waals surface area contributed by atoms with Crippen LogP contribution in [0.15, 0.2) is 0 Å². The lowest BCUT2D eigenvalue weighted by molar-refractivity contribution is -0.145. The van der Waals surface area contributed by atoms with Gasteiger partial charge in [0.05, 0.1) is 24.5 Å². The molecule has 1 atom stereocenters. The first-order valence-electron chi connectivity index (χ1n) is 6.56. The zero-order valence-electron chi connectivity index (χ0n) is 11.1. The summed E-state index contributed by atoms with van der Waals surface area (Å²) in [6.07, 6.45) is 2.11. The Bertz CT molecular complexity index is 362. The van der Waals surface area contributed by atoms with E-state index in [0.717, 1.165) is 12.8 Å². The van der Waals surface area contributed by atoms with Gasteiger partial charge in [0.25, 0.3) is 0 Å². The van der Waals surface area contributed by atoms with E-state index in [2.05, 4.69) is 19.2 Å². The number of esters is 1. The average Bonchev–Trinajstić information content (AvgIpc) is 2.29. The van der Waals surface area contributed by atoms with Crippen molar-refractivity contribution in [1.29, 1.82) is 0 Å². The van der Waals surface area contributed by atoms with Crippen molar-refractivity contribution in [2.24, 2.45) is 5.92 Å². The monoisotopic (exact) mass is 277 g/mol. The Kier molecular flexibility index (Phi) is 6.08. The number of carbonyl (C=O) groups is 1. The second-order valence-electron chi connectivity index (χ2n) is 4.84. The smallest absolute Gasteiger partial charge is 0.307 e. The Morgan fingerprint density at radius 3 is 2.61 bits per heavy atom. The van der Waals surface area contributed by atoms with Crippen molar-refractivity contribution in [1.82, 2.24) is 5.32 Å². The minimum Gasteiger partial charge on any atom is -0.465 e. The highest BCUT2D eigenvalue weighted by Crippen LogP contribution is 2.10. The van der Waals surface area contributed by atoms with Crippen molar-refractivity contribution in [2.75, 3.05) is 24.7 Å². The maximum Gasteiger partial charge on any atom is 0.307 e. The van der Waals surface area contributed by atoms with Crippen molar-refractivity contribution in [2.45, 2.75) is 39.2 Å². The van der Waals surface area contributed by atoms with Gasteiger partial charge in [0.15, 0.2) is 9.84 Å². The maximum atomic E-state index is 11.6. The summed E-state index contributed by atoms with van der Waals surface area (Å²) in [5.74, 6) is 0.285. The Labute approximate surface area is 109 Å². The van der Waals surface area contributed by atoms with Gasteiger partial charge in [0.1, 0.15) is 0 Å². The minimum absolute atomic E-state index is 0.0348. The van der Waals surface area contributed by atoms with Gasteiger partial charge >= 0.3 is 5.97 Å². The zero-order valence-corrected chi connectivity index (χ0v) is 12.0. The first-order chi connectivity index (χ1) is 8.46. The van der Waals surface area contributed by atoms with Gasteiger partial charge in [-0.25, -0.2) is 8.42 Å². The van der Waals surface area contributed by atoms with E-state index in [1.165, 1.54) is 0 Å². The van der Waals surface area contributed by atoms with Gasteiger partial charge in [0, 0.05) is 12.6 Å². The van der Waals surface area contributed by atoms with Gasteiger partial charge in [-0.2, -0.15) is 0 Å². The predicted molar refractivity (Wildman–Crippen MR) is 70.1 cm³/mol. The molecule has 1 rings (SSSR count). The molecule has 1 unspecified atom stereocenters. The van der Waals surface area contributed by atoms with Gasteiger partial charge in [-0.05, 0) is 5.92 Å². The highest BCUT2D eigenvalue weighted by molar-refractivity contribution is 7.91. The fraction of sp³-hybridized carbons (Fsp3) is 0.917. The molecule has 1 fully saturated rings. The molecule has 5 nitrogen and oxygen atoms in total. The molecule has 1 N–H and O–H groups in total. The van der Waals surface area contributed by atoms with Crippen molar-refractivity contribution in [3.05, 3.63) is 0 Å². The lowest BCUT2D eigenvalue weighted by atomic mass is 10.1. The van der Waals surface area contributed by atoms with Crippen LogP contribution in [-0.2, 0) is 19.4 Å². The molecule has 0 saturated carbocycles. The lowest BCUT2D eigenvalue weighted by Crippen LogP contribution is -2.46. The van der Waals surface area contributed by atoms with Crippen LogP contribution in [0.5, 0.6) is 0 Å². The molecule has 1 heterocycles. The largest absolute Gasteiger partial charge is 0.465 e. The van der Waals surface area contributed by atoms with Crippen molar-refractivity contribution >= 4 is 15.8 Å². The Morgan fingerprint density at radius 2 is 2.06 bits per heavy atom. The Hall–Kier alpha value is -0.620. The van der Waals surface area contributed by atoms with Gasteiger partial charge in [0.2, 0.25) is 0 Å². The first kappa shape index (κ1) is 15.4. The van der Waals surface area contributed by atoms with Crippen LogP contribution >= 0.6 is 0 Å². The van der Waals surface area contributed by atoms with Gasteiger partial charge < -0.3 is 10.1 Å². The summed E-state index contributed by atoms with van der Waals surface area (Å²) >= 11 is 0. The second-order valence-corrected chi connectivity index (χ2v) is 7.06. The van der Waals surface area contributed by atoms with E-state index in [-0.39, 0.29) is 29.9 Å². The van der Waals surface area contributed by atoms with E-state index in [0.29, 0.717) is 19.1 Å². The highest BCUT2D eigenvalue weighted by atomic mass is 32.2. The zero-order chi connectivity index (χ0) is 13.6. The third-order valence-electron chi connectivity index (χ3n) is 3.35. The molecule has 0 radical (unpaired) electrons. The summed E-state index contributed by atoms with van der Waals surface area (Å²) in [7, 11) is -2.99. The maximum absolute atomic E-state index is 11.6. The number of hydrogen-bond acceptors (Lipinski definition) is 5. The first-order valence-corrected chi connectivity index (χ1v) is 8.38. The van der Waals surface area contributed by atoms with Gasteiger partial charge in [-0.3, -0.25) is 4.79 Å². The fourth-order valence-electron chi connectivity index (χ4n) is 1.99. The molecule has 0 aliphatic carbocycles. The molecule has 0 amide bonds. The molecule has 0 aromatic heterocycles. The minimum atomic E-state index is -2.99. The number of sulfone groups is 1. The number of ether oxygens (including phenoxy) is 1.